The van der Waals surface area contributed by atoms with E-state index in [0.717, 1.165) is 34.6 Å². The molecule has 26 heavy (non-hydrogen) atoms. The van der Waals surface area contributed by atoms with Crippen molar-refractivity contribution in [2.24, 2.45) is 0 Å². The Balaban J connectivity index is 1.72. The van der Waals surface area contributed by atoms with Gasteiger partial charge in [-0.1, -0.05) is 18.2 Å². The van der Waals surface area contributed by atoms with Crippen LogP contribution in [0, 0.1) is 0 Å². The molecular formula is C19H19N5O2. The van der Waals surface area contributed by atoms with Crippen LogP contribution in [0.25, 0.3) is 11.2 Å². The highest BCUT2D eigenvalue weighted by Crippen LogP contribution is 2.26. The van der Waals surface area contributed by atoms with Crippen molar-refractivity contribution in [3.63, 3.8) is 0 Å². The van der Waals surface area contributed by atoms with Gasteiger partial charge in [-0.25, -0.2) is 9.67 Å². The van der Waals surface area contributed by atoms with E-state index in [1.54, 1.807) is 30.5 Å². The molecule has 0 amide bonds. The zero-order chi connectivity index (χ0) is 18.1. The fourth-order valence-electron chi connectivity index (χ4n) is 3.07. The van der Waals surface area contributed by atoms with Crippen molar-refractivity contribution in [3.8, 4) is 11.4 Å². The number of fused-ring (bicyclic) bond motifs is 1. The maximum Gasteiger partial charge on any atom is 0.140 e. The standard InChI is InChI=1S/C19H19N5O2/c1-3-13-4-5-15-10-20-12-23(15)18(13)19(25)17-11-24(22-21-17)14-6-8-16(26-2)9-7-14/h4-12,19,25H,3H2,1-2H3/t19-/m0/s1. The quantitative estimate of drug-likeness (QED) is 0.599. The van der Waals surface area contributed by atoms with E-state index in [4.69, 9.17) is 4.74 Å². The van der Waals surface area contributed by atoms with Gasteiger partial charge in [-0.2, -0.15) is 0 Å². The monoisotopic (exact) mass is 349 g/mol. The number of ether oxygens (including phenoxy) is 1. The van der Waals surface area contributed by atoms with Crippen LogP contribution in [0.4, 0.5) is 0 Å². The summed E-state index contributed by atoms with van der Waals surface area (Å²) in [7, 11) is 1.63. The van der Waals surface area contributed by atoms with Crippen molar-refractivity contribution in [1.82, 2.24) is 24.4 Å². The van der Waals surface area contributed by atoms with Crippen molar-refractivity contribution >= 4 is 5.52 Å². The lowest BCUT2D eigenvalue weighted by Crippen LogP contribution is -2.10. The Hall–Kier alpha value is -3.19. The summed E-state index contributed by atoms with van der Waals surface area (Å²) in [6.45, 7) is 2.06. The summed E-state index contributed by atoms with van der Waals surface area (Å²) in [4.78, 5) is 4.18. The summed E-state index contributed by atoms with van der Waals surface area (Å²) in [5, 5.41) is 19.3. The number of methoxy groups -OCH3 is 1. The molecule has 0 saturated heterocycles. The first-order valence-corrected chi connectivity index (χ1v) is 8.40. The smallest absolute Gasteiger partial charge is 0.140 e. The summed E-state index contributed by atoms with van der Waals surface area (Å²) >= 11 is 0. The lowest BCUT2D eigenvalue weighted by molar-refractivity contribution is 0.207. The Labute approximate surface area is 150 Å². The minimum absolute atomic E-state index is 0.483. The molecule has 3 heterocycles. The van der Waals surface area contributed by atoms with E-state index in [1.807, 2.05) is 40.8 Å². The zero-order valence-corrected chi connectivity index (χ0v) is 14.6. The van der Waals surface area contributed by atoms with E-state index in [0.29, 0.717) is 5.69 Å². The Kier molecular flexibility index (Phi) is 4.14. The van der Waals surface area contributed by atoms with Crippen LogP contribution in [0.1, 0.15) is 30.0 Å². The molecule has 1 N–H and O–H groups in total. The number of aryl methyl sites for hydroxylation is 1. The normalized spacial score (nSPS) is 12.4. The molecule has 0 aliphatic carbocycles. The summed E-state index contributed by atoms with van der Waals surface area (Å²) < 4.78 is 8.71. The van der Waals surface area contributed by atoms with Gasteiger partial charge in [0.1, 0.15) is 17.5 Å². The second-order valence-corrected chi connectivity index (χ2v) is 5.97. The van der Waals surface area contributed by atoms with Crippen LogP contribution in [-0.2, 0) is 6.42 Å². The fraction of sp³-hybridized carbons (Fsp3) is 0.211. The Morgan fingerprint density at radius 2 is 1.96 bits per heavy atom. The number of hydrogen-bond acceptors (Lipinski definition) is 5. The molecular weight excluding hydrogens is 330 g/mol. The third kappa shape index (κ3) is 2.72. The average molecular weight is 349 g/mol. The molecule has 1 aromatic carbocycles. The summed E-state index contributed by atoms with van der Waals surface area (Å²) in [5.74, 6) is 0.772. The van der Waals surface area contributed by atoms with E-state index < -0.39 is 6.10 Å². The summed E-state index contributed by atoms with van der Waals surface area (Å²) in [6, 6.07) is 11.5. The number of aromatic nitrogens is 5. The number of hydrogen-bond donors (Lipinski definition) is 1. The van der Waals surface area contributed by atoms with Crippen LogP contribution in [-0.4, -0.2) is 36.6 Å². The van der Waals surface area contributed by atoms with Gasteiger partial charge in [-0.05, 0) is 42.3 Å². The van der Waals surface area contributed by atoms with E-state index in [2.05, 4.69) is 22.2 Å². The molecule has 0 fully saturated rings. The third-order valence-electron chi connectivity index (χ3n) is 4.48. The van der Waals surface area contributed by atoms with Crippen molar-refractivity contribution in [1.29, 1.82) is 0 Å². The number of aliphatic hydroxyl groups excluding tert-OH is 1. The Bertz CT molecular complexity index is 1040. The first-order valence-electron chi connectivity index (χ1n) is 8.40. The maximum absolute atomic E-state index is 11.0. The number of nitrogens with zero attached hydrogens (tertiary/aromatic N) is 5. The van der Waals surface area contributed by atoms with Crippen LogP contribution in [0.2, 0.25) is 0 Å². The number of pyridine rings is 1. The van der Waals surface area contributed by atoms with Crippen molar-refractivity contribution < 1.29 is 9.84 Å². The van der Waals surface area contributed by atoms with Gasteiger partial charge in [0, 0.05) is 0 Å². The van der Waals surface area contributed by atoms with Gasteiger partial charge in [-0.3, -0.25) is 4.40 Å². The highest BCUT2D eigenvalue weighted by atomic mass is 16.5. The first-order chi connectivity index (χ1) is 12.7. The number of imidazole rings is 1. The highest BCUT2D eigenvalue weighted by Gasteiger charge is 2.21. The van der Waals surface area contributed by atoms with E-state index >= 15 is 0 Å². The molecule has 132 valence electrons. The molecule has 3 aromatic heterocycles. The van der Waals surface area contributed by atoms with Crippen molar-refractivity contribution in [3.05, 3.63) is 72.1 Å². The number of aliphatic hydroxyl groups is 1. The molecule has 4 rings (SSSR count). The molecule has 1 atom stereocenters. The first kappa shape index (κ1) is 16.3. The van der Waals surface area contributed by atoms with Crippen LogP contribution >= 0.6 is 0 Å². The Morgan fingerprint density at radius 3 is 2.69 bits per heavy atom. The van der Waals surface area contributed by atoms with Gasteiger partial charge in [0.2, 0.25) is 0 Å². The average Bonchev–Trinajstić information content (AvgIpc) is 3.36. The molecule has 0 aliphatic heterocycles. The van der Waals surface area contributed by atoms with Crippen LogP contribution < -0.4 is 4.74 Å². The molecule has 0 bridgehead atoms. The molecule has 0 unspecified atom stereocenters. The van der Waals surface area contributed by atoms with Gasteiger partial charge in [0.05, 0.1) is 42.7 Å². The van der Waals surface area contributed by atoms with Gasteiger partial charge >= 0.3 is 0 Å². The topological polar surface area (TPSA) is 77.5 Å². The van der Waals surface area contributed by atoms with Crippen LogP contribution in [0.15, 0.2) is 55.1 Å². The molecule has 0 radical (unpaired) electrons. The largest absolute Gasteiger partial charge is 0.497 e. The predicted octanol–water partition coefficient (Wildman–Crippen LogP) is 2.57. The summed E-state index contributed by atoms with van der Waals surface area (Å²) in [5.41, 5.74) is 4.06. The van der Waals surface area contributed by atoms with E-state index in [9.17, 15) is 5.11 Å². The highest BCUT2D eigenvalue weighted by molar-refractivity contribution is 5.49. The molecule has 7 nitrogen and oxygen atoms in total. The second-order valence-electron chi connectivity index (χ2n) is 5.97. The van der Waals surface area contributed by atoms with Gasteiger partial charge in [-0.15, -0.1) is 5.10 Å². The molecule has 0 aliphatic rings. The molecule has 7 heteroatoms. The van der Waals surface area contributed by atoms with Crippen molar-refractivity contribution in [2.45, 2.75) is 19.4 Å². The van der Waals surface area contributed by atoms with Crippen molar-refractivity contribution in [2.75, 3.05) is 7.11 Å². The van der Waals surface area contributed by atoms with Gasteiger partial charge in [0.25, 0.3) is 0 Å². The van der Waals surface area contributed by atoms with Gasteiger partial charge in [0.15, 0.2) is 0 Å². The SMILES string of the molecule is CCc1ccc2cncn2c1[C@@H](O)c1cn(-c2ccc(OC)cc2)nn1. The molecule has 4 aromatic rings. The minimum Gasteiger partial charge on any atom is -0.497 e. The van der Waals surface area contributed by atoms with Crippen LogP contribution in [0.5, 0.6) is 5.75 Å². The second kappa shape index (κ2) is 6.61. The van der Waals surface area contributed by atoms with Crippen LogP contribution in [0.3, 0.4) is 0 Å². The number of rotatable bonds is 5. The van der Waals surface area contributed by atoms with E-state index in [1.165, 1.54) is 0 Å². The third-order valence-corrected chi connectivity index (χ3v) is 4.48. The fourth-order valence-corrected chi connectivity index (χ4v) is 3.07. The number of benzene rings is 1. The Morgan fingerprint density at radius 1 is 1.15 bits per heavy atom. The van der Waals surface area contributed by atoms with Gasteiger partial charge < -0.3 is 9.84 Å². The van der Waals surface area contributed by atoms with E-state index in [-0.39, 0.29) is 0 Å². The minimum atomic E-state index is -0.894. The lowest BCUT2D eigenvalue weighted by Gasteiger charge is -2.15. The predicted molar refractivity (Wildman–Crippen MR) is 96.5 cm³/mol. The maximum atomic E-state index is 11.0. The molecule has 0 saturated carbocycles. The lowest BCUT2D eigenvalue weighted by atomic mass is 10.0. The molecule has 0 spiro atoms. The zero-order valence-electron chi connectivity index (χ0n) is 14.6. The summed E-state index contributed by atoms with van der Waals surface area (Å²) in [6.07, 6.45) is 5.12.